The van der Waals surface area contributed by atoms with Gasteiger partial charge < -0.3 is 10.7 Å². The molecule has 0 aliphatic heterocycles. The normalized spacial score (nSPS) is 10.3. The van der Waals surface area contributed by atoms with E-state index in [0.717, 1.165) is 18.5 Å². The number of nitrogens with two attached hydrogens (primary N) is 1. The van der Waals surface area contributed by atoms with E-state index >= 15 is 0 Å². The van der Waals surface area contributed by atoms with Crippen molar-refractivity contribution in [1.29, 1.82) is 0 Å². The van der Waals surface area contributed by atoms with Crippen molar-refractivity contribution >= 4 is 33.3 Å². The van der Waals surface area contributed by atoms with Crippen LogP contribution in [0.1, 0.15) is 18.9 Å². The molecule has 0 aliphatic carbocycles. The first kappa shape index (κ1) is 13.8. The Kier molecular flexibility index (Phi) is 4.70. The summed E-state index contributed by atoms with van der Waals surface area (Å²) in [6.07, 6.45) is 3.58. The lowest BCUT2D eigenvalue weighted by Gasteiger charge is -2.13. The molecule has 0 aliphatic rings. The number of hydrogen-bond donors (Lipinski definition) is 3. The van der Waals surface area contributed by atoms with Gasteiger partial charge in [0.25, 0.3) is 0 Å². The van der Waals surface area contributed by atoms with Gasteiger partial charge in [0.1, 0.15) is 16.6 Å². The van der Waals surface area contributed by atoms with Gasteiger partial charge in [-0.05, 0) is 34.0 Å². The minimum atomic E-state index is 0.547. The molecule has 6 heteroatoms. The summed E-state index contributed by atoms with van der Waals surface area (Å²) < 4.78 is 0.712. The van der Waals surface area contributed by atoms with Gasteiger partial charge in [0, 0.05) is 5.69 Å². The maximum absolute atomic E-state index is 5.39. The molecule has 100 valence electrons. The molecule has 1 aromatic heterocycles. The zero-order valence-electron chi connectivity index (χ0n) is 10.7. The second-order valence-electron chi connectivity index (χ2n) is 4.06. The van der Waals surface area contributed by atoms with Gasteiger partial charge in [0.15, 0.2) is 5.82 Å². The summed E-state index contributed by atoms with van der Waals surface area (Å²) in [5.74, 6) is 6.63. The first-order valence-corrected chi connectivity index (χ1v) is 6.87. The fraction of sp³-hybridized carbons (Fsp3) is 0.231. The number of hydrogen-bond acceptors (Lipinski definition) is 5. The van der Waals surface area contributed by atoms with Gasteiger partial charge in [0.2, 0.25) is 0 Å². The van der Waals surface area contributed by atoms with E-state index in [-0.39, 0.29) is 0 Å². The molecule has 4 N–H and O–H groups in total. The standard InChI is InChI=1S/C13H16BrN5/c1-2-5-9-6-3-4-7-10(9)18-12-11(14)13(19-15)17-8-16-12/h3-4,6-8H,2,5,15H2,1H3,(H2,16,17,18,19). The molecular formula is C13H16BrN5. The average molecular weight is 322 g/mol. The summed E-state index contributed by atoms with van der Waals surface area (Å²) >= 11 is 3.43. The lowest BCUT2D eigenvalue weighted by molar-refractivity contribution is 0.923. The highest BCUT2D eigenvalue weighted by atomic mass is 79.9. The van der Waals surface area contributed by atoms with Crippen LogP contribution in [0.5, 0.6) is 0 Å². The van der Waals surface area contributed by atoms with Crippen molar-refractivity contribution in [2.24, 2.45) is 5.84 Å². The number of para-hydroxylation sites is 1. The quantitative estimate of drug-likeness (QED) is 0.582. The molecule has 1 aromatic carbocycles. The fourth-order valence-electron chi connectivity index (χ4n) is 1.81. The molecule has 19 heavy (non-hydrogen) atoms. The Bertz CT molecular complexity index is 558. The molecule has 0 amide bonds. The maximum atomic E-state index is 5.39. The number of rotatable bonds is 5. The summed E-state index contributed by atoms with van der Waals surface area (Å²) in [7, 11) is 0. The first-order chi connectivity index (χ1) is 9.26. The van der Waals surface area contributed by atoms with Crippen molar-refractivity contribution in [3.05, 3.63) is 40.6 Å². The van der Waals surface area contributed by atoms with Crippen LogP contribution in [-0.2, 0) is 6.42 Å². The van der Waals surface area contributed by atoms with E-state index in [1.165, 1.54) is 11.9 Å². The van der Waals surface area contributed by atoms with Gasteiger partial charge in [-0.3, -0.25) is 0 Å². The largest absolute Gasteiger partial charge is 0.339 e. The Morgan fingerprint density at radius 3 is 2.68 bits per heavy atom. The van der Waals surface area contributed by atoms with Crippen molar-refractivity contribution < 1.29 is 0 Å². The van der Waals surface area contributed by atoms with Crippen molar-refractivity contribution in [3.63, 3.8) is 0 Å². The zero-order valence-corrected chi connectivity index (χ0v) is 12.2. The van der Waals surface area contributed by atoms with E-state index in [9.17, 15) is 0 Å². The van der Waals surface area contributed by atoms with Crippen LogP contribution in [0.4, 0.5) is 17.3 Å². The molecule has 0 spiro atoms. The van der Waals surface area contributed by atoms with Gasteiger partial charge >= 0.3 is 0 Å². The van der Waals surface area contributed by atoms with Gasteiger partial charge in [-0.1, -0.05) is 31.5 Å². The third-order valence-corrected chi connectivity index (χ3v) is 3.47. The van der Waals surface area contributed by atoms with Gasteiger partial charge in [-0.25, -0.2) is 15.8 Å². The number of aromatic nitrogens is 2. The molecule has 0 unspecified atom stereocenters. The van der Waals surface area contributed by atoms with Crippen molar-refractivity contribution in [2.45, 2.75) is 19.8 Å². The van der Waals surface area contributed by atoms with Crippen LogP contribution in [0.2, 0.25) is 0 Å². The summed E-state index contributed by atoms with van der Waals surface area (Å²) in [5.41, 5.74) is 4.83. The molecule has 0 bridgehead atoms. The topological polar surface area (TPSA) is 75.9 Å². The smallest absolute Gasteiger partial charge is 0.159 e. The average Bonchev–Trinajstić information content (AvgIpc) is 2.43. The first-order valence-electron chi connectivity index (χ1n) is 6.08. The second kappa shape index (κ2) is 6.49. The van der Waals surface area contributed by atoms with Crippen LogP contribution < -0.4 is 16.6 Å². The predicted molar refractivity (Wildman–Crippen MR) is 81.3 cm³/mol. The van der Waals surface area contributed by atoms with Crippen molar-refractivity contribution in [1.82, 2.24) is 9.97 Å². The molecule has 1 heterocycles. The van der Waals surface area contributed by atoms with Crippen molar-refractivity contribution in [3.8, 4) is 0 Å². The fourth-order valence-corrected chi connectivity index (χ4v) is 2.23. The lowest BCUT2D eigenvalue weighted by atomic mass is 10.1. The number of nitrogens with zero attached hydrogens (tertiary/aromatic N) is 2. The molecule has 2 aromatic rings. The Morgan fingerprint density at radius 1 is 1.21 bits per heavy atom. The SMILES string of the molecule is CCCc1ccccc1Nc1ncnc(NN)c1Br. The van der Waals surface area contributed by atoms with E-state index in [0.29, 0.717) is 16.1 Å². The number of hydrazine groups is 1. The van der Waals surface area contributed by atoms with Gasteiger partial charge in [0.05, 0.1) is 0 Å². The molecule has 0 atom stereocenters. The third-order valence-electron chi connectivity index (χ3n) is 2.72. The summed E-state index contributed by atoms with van der Waals surface area (Å²) in [6.45, 7) is 2.16. The minimum Gasteiger partial charge on any atom is -0.339 e. The second-order valence-corrected chi connectivity index (χ2v) is 4.85. The highest BCUT2D eigenvalue weighted by Gasteiger charge is 2.09. The lowest BCUT2D eigenvalue weighted by Crippen LogP contribution is -2.10. The minimum absolute atomic E-state index is 0.547. The van der Waals surface area contributed by atoms with E-state index < -0.39 is 0 Å². The highest BCUT2D eigenvalue weighted by molar-refractivity contribution is 9.10. The number of anilines is 3. The predicted octanol–water partition coefficient (Wildman–Crippen LogP) is 3.22. The molecular weight excluding hydrogens is 306 g/mol. The Labute approximate surface area is 120 Å². The van der Waals surface area contributed by atoms with E-state index in [2.05, 4.69) is 49.6 Å². The molecule has 2 rings (SSSR count). The molecule has 0 saturated heterocycles. The van der Waals surface area contributed by atoms with Gasteiger partial charge in [-0.2, -0.15) is 0 Å². The van der Waals surface area contributed by atoms with Crippen LogP contribution in [0.3, 0.4) is 0 Å². The summed E-state index contributed by atoms with van der Waals surface area (Å²) in [6, 6.07) is 8.19. The van der Waals surface area contributed by atoms with Crippen LogP contribution in [0, 0.1) is 0 Å². The molecule has 0 fully saturated rings. The number of benzene rings is 1. The number of nitrogen functional groups attached to an aromatic ring is 1. The van der Waals surface area contributed by atoms with Gasteiger partial charge in [-0.15, -0.1) is 0 Å². The molecule has 0 radical (unpaired) electrons. The summed E-state index contributed by atoms with van der Waals surface area (Å²) in [5, 5.41) is 3.31. The molecule has 5 nitrogen and oxygen atoms in total. The highest BCUT2D eigenvalue weighted by Crippen LogP contribution is 2.29. The van der Waals surface area contributed by atoms with Crippen molar-refractivity contribution in [2.75, 3.05) is 10.7 Å². The maximum Gasteiger partial charge on any atom is 0.159 e. The monoisotopic (exact) mass is 321 g/mol. The Hall–Kier alpha value is -1.66. The van der Waals surface area contributed by atoms with Crippen LogP contribution in [0.25, 0.3) is 0 Å². The van der Waals surface area contributed by atoms with E-state index in [1.807, 2.05) is 18.2 Å². The van der Waals surface area contributed by atoms with E-state index in [4.69, 9.17) is 5.84 Å². The summed E-state index contributed by atoms with van der Waals surface area (Å²) in [4.78, 5) is 8.24. The third kappa shape index (κ3) is 3.21. The molecule has 0 saturated carbocycles. The van der Waals surface area contributed by atoms with Crippen LogP contribution in [0.15, 0.2) is 35.1 Å². The van der Waals surface area contributed by atoms with E-state index in [1.54, 1.807) is 0 Å². The number of halogens is 1. The Morgan fingerprint density at radius 2 is 1.95 bits per heavy atom. The van der Waals surface area contributed by atoms with Crippen LogP contribution in [-0.4, -0.2) is 9.97 Å². The van der Waals surface area contributed by atoms with Crippen LogP contribution >= 0.6 is 15.9 Å². The zero-order chi connectivity index (χ0) is 13.7. The Balaban J connectivity index is 2.31. The number of aryl methyl sites for hydroxylation is 1. The number of nitrogens with one attached hydrogen (secondary N) is 2.